The van der Waals surface area contributed by atoms with Crippen LogP contribution >= 0.6 is 0 Å². The van der Waals surface area contributed by atoms with Gasteiger partial charge in [-0.15, -0.1) is 19.7 Å². The highest BCUT2D eigenvalue weighted by atomic mass is 14.3. The third-order valence-electron chi connectivity index (χ3n) is 2.85. The molecule has 0 aromatic carbocycles. The molecule has 0 fully saturated rings. The van der Waals surface area contributed by atoms with Crippen molar-refractivity contribution in [3.8, 4) is 0 Å². The minimum absolute atomic E-state index is 0.0463. The molecule has 0 aromatic rings. The van der Waals surface area contributed by atoms with Crippen molar-refractivity contribution in [1.29, 1.82) is 0 Å². The summed E-state index contributed by atoms with van der Waals surface area (Å²) < 4.78 is 0. The zero-order chi connectivity index (χ0) is 10.4. The molecule has 0 amide bonds. The molecule has 2 unspecified atom stereocenters. The average Bonchev–Trinajstić information content (AvgIpc) is 2.22. The second-order valence-corrected chi connectivity index (χ2v) is 3.68. The summed E-state index contributed by atoms with van der Waals surface area (Å²) in [6, 6.07) is 0. The fourth-order valence-electron chi connectivity index (χ4n) is 1.99. The molecule has 1 aliphatic carbocycles. The molecule has 1 aliphatic rings. The molecule has 74 valence electrons. The highest BCUT2D eigenvalue weighted by molar-refractivity contribution is 5.26. The van der Waals surface area contributed by atoms with Crippen molar-refractivity contribution < 1.29 is 0 Å². The number of hydrogen-bond acceptors (Lipinski definition) is 0. The summed E-state index contributed by atoms with van der Waals surface area (Å²) >= 11 is 0. The maximum absolute atomic E-state index is 3.94. The summed E-state index contributed by atoms with van der Waals surface area (Å²) in [6.45, 7) is 11.5. The van der Waals surface area contributed by atoms with Gasteiger partial charge in [-0.2, -0.15) is 0 Å². The van der Waals surface area contributed by atoms with Crippen molar-refractivity contribution in [1.82, 2.24) is 0 Å². The van der Waals surface area contributed by atoms with Crippen LogP contribution in [0.15, 0.2) is 62.3 Å². The molecule has 0 radical (unpaired) electrons. The van der Waals surface area contributed by atoms with Crippen molar-refractivity contribution in [3.05, 3.63) is 62.3 Å². The molecule has 0 bridgehead atoms. The molecule has 0 heteroatoms. The van der Waals surface area contributed by atoms with E-state index < -0.39 is 0 Å². The van der Waals surface area contributed by atoms with Crippen LogP contribution in [0.25, 0.3) is 0 Å². The van der Waals surface area contributed by atoms with Crippen LogP contribution in [0.2, 0.25) is 0 Å². The molecular formula is C14H18. The molecule has 2 atom stereocenters. The second-order valence-electron chi connectivity index (χ2n) is 3.68. The summed E-state index contributed by atoms with van der Waals surface area (Å²) in [6.07, 6.45) is 16.5. The van der Waals surface area contributed by atoms with Crippen molar-refractivity contribution >= 4 is 0 Å². The minimum Gasteiger partial charge on any atom is -0.103 e. The largest absolute Gasteiger partial charge is 0.103 e. The van der Waals surface area contributed by atoms with E-state index in [0.29, 0.717) is 5.92 Å². The van der Waals surface area contributed by atoms with Gasteiger partial charge in [-0.1, -0.05) is 42.5 Å². The first-order chi connectivity index (χ1) is 6.79. The predicted octanol–water partition coefficient (Wildman–Crippen LogP) is 4.05. The molecule has 0 nitrogen and oxygen atoms in total. The van der Waals surface area contributed by atoms with Crippen molar-refractivity contribution in [3.63, 3.8) is 0 Å². The Hall–Kier alpha value is -1.30. The lowest BCUT2D eigenvalue weighted by atomic mass is 9.69. The van der Waals surface area contributed by atoms with E-state index in [1.54, 1.807) is 0 Å². The molecule has 0 saturated heterocycles. The summed E-state index contributed by atoms with van der Waals surface area (Å²) in [5, 5.41) is 0. The van der Waals surface area contributed by atoms with Crippen LogP contribution in [-0.2, 0) is 0 Å². The van der Waals surface area contributed by atoms with Gasteiger partial charge in [-0.05, 0) is 18.8 Å². The normalized spacial score (nSPS) is 29.9. The standard InChI is InChI=1S/C14H18/c1-4-9-13-10-7-8-12-14(13,6-3)11-5-2/h4-8,10,12-13H,1-3,9,11H2. The predicted molar refractivity (Wildman–Crippen MR) is 64.0 cm³/mol. The zero-order valence-electron chi connectivity index (χ0n) is 8.65. The molecular weight excluding hydrogens is 168 g/mol. The Morgan fingerprint density at radius 1 is 1.14 bits per heavy atom. The maximum atomic E-state index is 3.94. The Labute approximate surface area is 87.0 Å². The molecule has 14 heavy (non-hydrogen) atoms. The smallest absolute Gasteiger partial charge is 0.0162 e. The van der Waals surface area contributed by atoms with Gasteiger partial charge in [-0.3, -0.25) is 0 Å². The Morgan fingerprint density at radius 2 is 1.93 bits per heavy atom. The molecule has 0 heterocycles. The lowest BCUT2D eigenvalue weighted by Gasteiger charge is -2.34. The first kappa shape index (κ1) is 10.8. The van der Waals surface area contributed by atoms with E-state index in [-0.39, 0.29) is 5.41 Å². The lowest BCUT2D eigenvalue weighted by molar-refractivity contribution is 0.359. The van der Waals surface area contributed by atoms with Gasteiger partial charge in [0.1, 0.15) is 0 Å². The highest BCUT2D eigenvalue weighted by Gasteiger charge is 2.30. The SMILES string of the molecule is C=CCC1C=CC=CC1(C=C)CC=C. The third-order valence-corrected chi connectivity index (χ3v) is 2.85. The van der Waals surface area contributed by atoms with Gasteiger partial charge in [0.2, 0.25) is 0 Å². The topological polar surface area (TPSA) is 0 Å². The van der Waals surface area contributed by atoms with E-state index in [1.807, 2.05) is 18.2 Å². The Kier molecular flexibility index (Phi) is 3.70. The van der Waals surface area contributed by atoms with Crippen LogP contribution in [-0.4, -0.2) is 0 Å². The van der Waals surface area contributed by atoms with Gasteiger partial charge < -0.3 is 0 Å². The summed E-state index contributed by atoms with van der Waals surface area (Å²) in [4.78, 5) is 0. The Balaban J connectivity index is 2.94. The molecule has 0 aliphatic heterocycles. The average molecular weight is 186 g/mol. The van der Waals surface area contributed by atoms with Crippen LogP contribution in [0, 0.1) is 11.3 Å². The summed E-state index contributed by atoms with van der Waals surface area (Å²) in [5.74, 6) is 0.473. The van der Waals surface area contributed by atoms with Gasteiger partial charge >= 0.3 is 0 Å². The van der Waals surface area contributed by atoms with Gasteiger partial charge in [0.25, 0.3) is 0 Å². The molecule has 0 saturated carbocycles. The van der Waals surface area contributed by atoms with Crippen molar-refractivity contribution in [2.24, 2.45) is 11.3 Å². The van der Waals surface area contributed by atoms with Gasteiger partial charge in [0.05, 0.1) is 0 Å². The fourth-order valence-corrected chi connectivity index (χ4v) is 1.99. The van der Waals surface area contributed by atoms with Gasteiger partial charge in [0.15, 0.2) is 0 Å². The van der Waals surface area contributed by atoms with E-state index in [4.69, 9.17) is 0 Å². The molecule has 0 N–H and O–H groups in total. The van der Waals surface area contributed by atoms with E-state index in [0.717, 1.165) is 12.8 Å². The van der Waals surface area contributed by atoms with E-state index >= 15 is 0 Å². The molecule has 0 spiro atoms. The quantitative estimate of drug-likeness (QED) is 0.568. The van der Waals surface area contributed by atoms with Crippen LogP contribution < -0.4 is 0 Å². The van der Waals surface area contributed by atoms with Crippen molar-refractivity contribution in [2.75, 3.05) is 0 Å². The second kappa shape index (κ2) is 4.80. The minimum atomic E-state index is 0.0463. The van der Waals surface area contributed by atoms with Gasteiger partial charge in [-0.25, -0.2) is 0 Å². The van der Waals surface area contributed by atoms with Crippen LogP contribution in [0.3, 0.4) is 0 Å². The van der Waals surface area contributed by atoms with E-state index in [9.17, 15) is 0 Å². The number of rotatable bonds is 5. The van der Waals surface area contributed by atoms with E-state index in [2.05, 4.69) is 44.0 Å². The first-order valence-electron chi connectivity index (χ1n) is 5.00. The highest BCUT2D eigenvalue weighted by Crippen LogP contribution is 2.40. The third kappa shape index (κ3) is 1.95. The Bertz CT molecular complexity index is 280. The summed E-state index contributed by atoms with van der Waals surface area (Å²) in [5.41, 5.74) is 0.0463. The van der Waals surface area contributed by atoms with Crippen LogP contribution in [0.5, 0.6) is 0 Å². The van der Waals surface area contributed by atoms with E-state index in [1.165, 1.54) is 0 Å². The van der Waals surface area contributed by atoms with Crippen LogP contribution in [0.1, 0.15) is 12.8 Å². The van der Waals surface area contributed by atoms with Crippen LogP contribution in [0.4, 0.5) is 0 Å². The monoisotopic (exact) mass is 186 g/mol. The van der Waals surface area contributed by atoms with Crippen molar-refractivity contribution in [2.45, 2.75) is 12.8 Å². The lowest BCUT2D eigenvalue weighted by Crippen LogP contribution is -2.25. The fraction of sp³-hybridized carbons (Fsp3) is 0.286. The number of allylic oxidation sites excluding steroid dienone is 7. The molecule has 0 aromatic heterocycles. The zero-order valence-corrected chi connectivity index (χ0v) is 8.65. The molecule has 1 rings (SSSR count). The first-order valence-corrected chi connectivity index (χ1v) is 5.00. The Morgan fingerprint density at radius 3 is 2.50 bits per heavy atom. The van der Waals surface area contributed by atoms with Gasteiger partial charge in [0, 0.05) is 5.41 Å². The summed E-state index contributed by atoms with van der Waals surface area (Å²) in [7, 11) is 0. The maximum Gasteiger partial charge on any atom is 0.0162 e. The number of hydrogen-bond donors (Lipinski definition) is 0.